The van der Waals surface area contributed by atoms with Gasteiger partial charge in [0.2, 0.25) is 0 Å². The molecule has 0 bridgehead atoms. The second kappa shape index (κ2) is 5.51. The van der Waals surface area contributed by atoms with Crippen LogP contribution in [-0.2, 0) is 0 Å². The van der Waals surface area contributed by atoms with E-state index in [1.54, 1.807) is 25.3 Å². The monoisotopic (exact) mass is 253 g/mol. The Morgan fingerprint density at radius 2 is 2.05 bits per heavy atom. The van der Waals surface area contributed by atoms with Gasteiger partial charge in [-0.15, -0.1) is 0 Å². The number of benzene rings is 1. The Hall–Kier alpha value is -2.38. The van der Waals surface area contributed by atoms with Crippen LogP contribution in [0.25, 0.3) is 0 Å². The molecule has 0 aliphatic rings. The summed E-state index contributed by atoms with van der Waals surface area (Å²) in [5.41, 5.74) is 3.09. The molecule has 1 heterocycles. The van der Waals surface area contributed by atoms with Gasteiger partial charge < -0.3 is 10.0 Å². The van der Waals surface area contributed by atoms with Gasteiger partial charge in [-0.25, -0.2) is 0 Å². The highest BCUT2D eigenvalue weighted by Gasteiger charge is 2.07. The molecule has 0 fully saturated rings. The number of nitriles is 1. The number of aliphatic hydroxyl groups is 1. The van der Waals surface area contributed by atoms with Gasteiger partial charge in [0.1, 0.15) is 0 Å². The van der Waals surface area contributed by atoms with Gasteiger partial charge in [0, 0.05) is 12.7 Å². The van der Waals surface area contributed by atoms with Gasteiger partial charge in [0.05, 0.1) is 35.3 Å². The number of hydrogen-bond donors (Lipinski definition) is 1. The fourth-order valence-electron chi connectivity index (χ4n) is 1.78. The van der Waals surface area contributed by atoms with Crippen LogP contribution in [0.1, 0.15) is 24.3 Å². The van der Waals surface area contributed by atoms with Crippen molar-refractivity contribution in [3.8, 4) is 6.07 Å². The molecule has 0 saturated carbocycles. The highest BCUT2D eigenvalue weighted by molar-refractivity contribution is 5.63. The second-order valence-electron chi connectivity index (χ2n) is 4.34. The smallest absolute Gasteiger partial charge is 0.0992 e. The molecular formula is C15H15N3O. The highest BCUT2D eigenvalue weighted by atomic mass is 16.3. The van der Waals surface area contributed by atoms with E-state index in [-0.39, 0.29) is 0 Å². The first-order valence-electron chi connectivity index (χ1n) is 5.99. The molecule has 19 heavy (non-hydrogen) atoms. The van der Waals surface area contributed by atoms with Crippen molar-refractivity contribution in [2.75, 3.05) is 11.9 Å². The molecule has 1 aromatic heterocycles. The summed E-state index contributed by atoms with van der Waals surface area (Å²) in [5.74, 6) is 0. The molecule has 2 aromatic rings. The zero-order valence-corrected chi connectivity index (χ0v) is 10.9. The number of hydrogen-bond acceptors (Lipinski definition) is 4. The van der Waals surface area contributed by atoms with Crippen LogP contribution in [0.2, 0.25) is 0 Å². The molecule has 4 heteroatoms. The largest absolute Gasteiger partial charge is 0.387 e. The van der Waals surface area contributed by atoms with E-state index in [0.29, 0.717) is 11.3 Å². The van der Waals surface area contributed by atoms with E-state index in [9.17, 15) is 5.11 Å². The molecule has 96 valence electrons. The van der Waals surface area contributed by atoms with Crippen LogP contribution in [0, 0.1) is 11.3 Å². The average molecular weight is 253 g/mol. The Morgan fingerprint density at radius 3 is 2.63 bits per heavy atom. The van der Waals surface area contributed by atoms with Crippen LogP contribution in [-0.4, -0.2) is 17.1 Å². The molecule has 0 aliphatic heterocycles. The molecule has 0 saturated heterocycles. The quantitative estimate of drug-likeness (QED) is 0.913. The third kappa shape index (κ3) is 2.90. The summed E-state index contributed by atoms with van der Waals surface area (Å²) < 4.78 is 0. The summed E-state index contributed by atoms with van der Waals surface area (Å²) in [7, 11) is 1.91. The average Bonchev–Trinajstić information content (AvgIpc) is 2.46. The highest BCUT2D eigenvalue weighted by Crippen LogP contribution is 2.24. The van der Waals surface area contributed by atoms with Crippen molar-refractivity contribution >= 4 is 11.4 Å². The first-order chi connectivity index (χ1) is 9.11. The minimum Gasteiger partial charge on any atom is -0.387 e. The predicted octanol–water partition coefficient (Wildman–Crippen LogP) is 2.77. The number of pyridine rings is 1. The Labute approximate surface area is 112 Å². The van der Waals surface area contributed by atoms with Crippen LogP contribution < -0.4 is 4.90 Å². The fourth-order valence-corrected chi connectivity index (χ4v) is 1.78. The summed E-state index contributed by atoms with van der Waals surface area (Å²) in [6.45, 7) is 1.68. The molecule has 0 spiro atoms. The first kappa shape index (κ1) is 13.1. The minimum absolute atomic E-state index is 0.568. The van der Waals surface area contributed by atoms with E-state index >= 15 is 0 Å². The summed E-state index contributed by atoms with van der Waals surface area (Å²) >= 11 is 0. The van der Waals surface area contributed by atoms with Gasteiger partial charge in [-0.1, -0.05) is 6.07 Å². The van der Waals surface area contributed by atoms with Crippen molar-refractivity contribution in [1.82, 2.24) is 4.98 Å². The van der Waals surface area contributed by atoms with E-state index in [4.69, 9.17) is 5.26 Å². The van der Waals surface area contributed by atoms with Gasteiger partial charge in [-0.05, 0) is 37.3 Å². The topological polar surface area (TPSA) is 60.1 Å². The Morgan fingerprint density at radius 1 is 1.26 bits per heavy atom. The summed E-state index contributed by atoms with van der Waals surface area (Å²) in [4.78, 5) is 6.15. The molecule has 0 radical (unpaired) electrons. The number of aromatic nitrogens is 1. The van der Waals surface area contributed by atoms with Crippen molar-refractivity contribution in [2.24, 2.45) is 0 Å². The number of aliphatic hydroxyl groups excluding tert-OH is 1. The Kier molecular flexibility index (Phi) is 3.79. The van der Waals surface area contributed by atoms with Crippen LogP contribution in [0.3, 0.4) is 0 Å². The zero-order valence-electron chi connectivity index (χ0n) is 10.9. The standard InChI is InChI=1S/C15H15N3O/c1-11(19)15-7-6-14(10-17-15)18(2)13-5-3-4-12(8-13)9-16/h3-8,10-11,19H,1-2H3/t11-/m0/s1. The molecule has 1 N–H and O–H groups in total. The molecular weight excluding hydrogens is 238 g/mol. The van der Waals surface area contributed by atoms with Gasteiger partial charge in [-0.2, -0.15) is 5.26 Å². The number of anilines is 2. The molecule has 0 amide bonds. The maximum atomic E-state index is 9.43. The second-order valence-corrected chi connectivity index (χ2v) is 4.34. The summed E-state index contributed by atoms with van der Waals surface area (Å²) in [6.07, 6.45) is 1.14. The molecule has 1 atom stereocenters. The minimum atomic E-state index is -0.568. The van der Waals surface area contributed by atoms with E-state index in [2.05, 4.69) is 11.1 Å². The van der Waals surface area contributed by atoms with Gasteiger partial charge >= 0.3 is 0 Å². The van der Waals surface area contributed by atoms with Crippen molar-refractivity contribution in [3.63, 3.8) is 0 Å². The molecule has 1 aromatic carbocycles. The lowest BCUT2D eigenvalue weighted by Crippen LogP contribution is -2.10. The Balaban J connectivity index is 2.28. The zero-order chi connectivity index (χ0) is 13.8. The Bertz CT molecular complexity index is 600. The summed E-state index contributed by atoms with van der Waals surface area (Å²) in [6, 6.07) is 13.2. The van der Waals surface area contributed by atoms with E-state index in [0.717, 1.165) is 11.4 Å². The van der Waals surface area contributed by atoms with Gasteiger partial charge in [-0.3, -0.25) is 4.98 Å². The van der Waals surface area contributed by atoms with Crippen molar-refractivity contribution in [2.45, 2.75) is 13.0 Å². The normalized spacial score (nSPS) is 11.7. The van der Waals surface area contributed by atoms with E-state index in [1.807, 2.05) is 36.2 Å². The van der Waals surface area contributed by atoms with E-state index < -0.39 is 6.10 Å². The molecule has 4 nitrogen and oxygen atoms in total. The number of nitrogens with zero attached hydrogens (tertiary/aromatic N) is 3. The maximum Gasteiger partial charge on any atom is 0.0992 e. The van der Waals surface area contributed by atoms with E-state index in [1.165, 1.54) is 0 Å². The maximum absolute atomic E-state index is 9.43. The van der Waals surface area contributed by atoms with Crippen molar-refractivity contribution in [3.05, 3.63) is 53.9 Å². The lowest BCUT2D eigenvalue weighted by atomic mass is 10.2. The van der Waals surface area contributed by atoms with Gasteiger partial charge in [0.15, 0.2) is 0 Å². The lowest BCUT2D eigenvalue weighted by molar-refractivity contribution is 0.194. The molecule has 2 rings (SSSR count). The SMILES string of the molecule is C[C@H](O)c1ccc(N(C)c2cccc(C#N)c2)cn1. The van der Waals surface area contributed by atoms with Gasteiger partial charge in [0.25, 0.3) is 0 Å². The molecule has 0 unspecified atom stereocenters. The fraction of sp³-hybridized carbons (Fsp3) is 0.200. The van der Waals surface area contributed by atoms with Crippen LogP contribution in [0.4, 0.5) is 11.4 Å². The summed E-state index contributed by atoms with van der Waals surface area (Å²) in [5, 5.41) is 18.3. The number of rotatable bonds is 3. The molecule has 0 aliphatic carbocycles. The first-order valence-corrected chi connectivity index (χ1v) is 5.99. The third-order valence-corrected chi connectivity index (χ3v) is 2.95. The van der Waals surface area contributed by atoms with Crippen molar-refractivity contribution < 1.29 is 5.11 Å². The lowest BCUT2D eigenvalue weighted by Gasteiger charge is -2.19. The predicted molar refractivity (Wildman–Crippen MR) is 74.1 cm³/mol. The van der Waals surface area contributed by atoms with Crippen LogP contribution >= 0.6 is 0 Å². The third-order valence-electron chi connectivity index (χ3n) is 2.95. The van der Waals surface area contributed by atoms with Crippen molar-refractivity contribution in [1.29, 1.82) is 5.26 Å². The van der Waals surface area contributed by atoms with Crippen LogP contribution in [0.5, 0.6) is 0 Å². The van der Waals surface area contributed by atoms with Crippen LogP contribution in [0.15, 0.2) is 42.6 Å².